The molecule has 2 N–H and O–H groups in total. The maximum atomic E-state index is 11.6. The molecule has 0 saturated carbocycles. The summed E-state index contributed by atoms with van der Waals surface area (Å²) in [7, 11) is -3.82. The second-order valence-electron chi connectivity index (χ2n) is 5.75. The minimum Gasteiger partial charge on any atom is -0.303 e. The molecule has 0 unspecified atom stereocenters. The minimum atomic E-state index is -3.82. The molecule has 1 saturated heterocycles. The van der Waals surface area contributed by atoms with E-state index < -0.39 is 10.0 Å². The van der Waals surface area contributed by atoms with Crippen molar-refractivity contribution in [3.63, 3.8) is 0 Å². The smallest absolute Gasteiger partial charge is 0.273 e. The van der Waals surface area contributed by atoms with E-state index in [1.807, 2.05) is 13.8 Å². The van der Waals surface area contributed by atoms with Crippen molar-refractivity contribution >= 4 is 10.0 Å². The summed E-state index contributed by atoms with van der Waals surface area (Å²) < 4.78 is 24.8. The Hall–Kier alpha value is -0.990. The molecule has 0 spiro atoms. The Morgan fingerprint density at radius 1 is 1.25 bits per heavy atom. The van der Waals surface area contributed by atoms with E-state index in [-0.39, 0.29) is 5.16 Å². The molecule has 1 aromatic heterocycles. The third kappa shape index (κ3) is 3.77. The molecule has 2 heterocycles. The molecule has 8 heteroatoms. The average molecular weight is 301 g/mol. The first-order valence-corrected chi connectivity index (χ1v) is 8.60. The van der Waals surface area contributed by atoms with Crippen molar-refractivity contribution in [3.8, 4) is 0 Å². The van der Waals surface area contributed by atoms with Crippen molar-refractivity contribution in [3.05, 3.63) is 5.82 Å². The van der Waals surface area contributed by atoms with Crippen LogP contribution in [-0.4, -0.2) is 47.7 Å². The standard InChI is InChI=1S/C12H23N5O2S/c1-10(2)9-17-11(5-8-16-6-3-4-7-16)14-15-12(17)20(13,18)19/h10H,3-9H2,1-2H3,(H2,13,18,19). The van der Waals surface area contributed by atoms with Crippen molar-refractivity contribution < 1.29 is 8.42 Å². The van der Waals surface area contributed by atoms with Gasteiger partial charge in [-0.25, -0.2) is 13.6 Å². The number of nitrogens with two attached hydrogens (primary N) is 1. The number of hydrogen-bond donors (Lipinski definition) is 1. The molecule has 20 heavy (non-hydrogen) atoms. The molecule has 1 aliphatic heterocycles. The Kier molecular flexibility index (Phi) is 4.77. The quantitative estimate of drug-likeness (QED) is 0.811. The Morgan fingerprint density at radius 2 is 1.90 bits per heavy atom. The van der Waals surface area contributed by atoms with Crippen LogP contribution in [0, 0.1) is 5.92 Å². The van der Waals surface area contributed by atoms with Gasteiger partial charge in [-0.3, -0.25) is 0 Å². The third-order valence-corrected chi connectivity index (χ3v) is 4.26. The van der Waals surface area contributed by atoms with Crippen molar-refractivity contribution in [2.24, 2.45) is 11.1 Å². The Bertz CT molecular complexity index is 546. The van der Waals surface area contributed by atoms with E-state index in [4.69, 9.17) is 5.14 Å². The highest BCUT2D eigenvalue weighted by Gasteiger charge is 2.22. The van der Waals surface area contributed by atoms with Gasteiger partial charge in [0.05, 0.1) is 0 Å². The van der Waals surface area contributed by atoms with Gasteiger partial charge in [0.1, 0.15) is 5.82 Å². The summed E-state index contributed by atoms with van der Waals surface area (Å²) in [5.74, 6) is 1.01. The second kappa shape index (κ2) is 6.19. The molecular weight excluding hydrogens is 278 g/mol. The summed E-state index contributed by atoms with van der Waals surface area (Å²) >= 11 is 0. The largest absolute Gasteiger partial charge is 0.303 e. The zero-order valence-corrected chi connectivity index (χ0v) is 12.9. The van der Waals surface area contributed by atoms with Crippen molar-refractivity contribution in [2.45, 2.75) is 44.8 Å². The SMILES string of the molecule is CC(C)Cn1c(CCN2CCCC2)nnc1S(N)(=O)=O. The molecular formula is C12H23N5O2S. The summed E-state index contributed by atoms with van der Waals surface area (Å²) in [6, 6.07) is 0. The third-order valence-electron chi connectivity index (χ3n) is 3.45. The predicted molar refractivity (Wildman–Crippen MR) is 75.6 cm³/mol. The van der Waals surface area contributed by atoms with Crippen LogP contribution >= 0.6 is 0 Å². The summed E-state index contributed by atoms with van der Waals surface area (Å²) in [6.45, 7) is 7.73. The number of primary sulfonamides is 1. The van der Waals surface area contributed by atoms with E-state index in [0.717, 1.165) is 19.6 Å². The summed E-state index contributed by atoms with van der Waals surface area (Å²) in [6.07, 6.45) is 3.18. The first kappa shape index (κ1) is 15.4. The molecule has 1 aromatic rings. The lowest BCUT2D eigenvalue weighted by molar-refractivity contribution is 0.336. The molecule has 0 aromatic carbocycles. The van der Waals surface area contributed by atoms with Gasteiger partial charge in [-0.2, -0.15) is 0 Å². The van der Waals surface area contributed by atoms with Crippen molar-refractivity contribution in [1.82, 2.24) is 19.7 Å². The number of rotatable bonds is 6. The predicted octanol–water partition coefficient (Wildman–Crippen LogP) is 0.220. The lowest BCUT2D eigenvalue weighted by Crippen LogP contribution is -2.25. The van der Waals surface area contributed by atoms with Crippen molar-refractivity contribution in [2.75, 3.05) is 19.6 Å². The molecule has 2 rings (SSSR count). The van der Waals surface area contributed by atoms with E-state index in [9.17, 15) is 8.42 Å². The first-order chi connectivity index (χ1) is 9.38. The molecule has 0 bridgehead atoms. The van der Waals surface area contributed by atoms with Gasteiger partial charge in [-0.05, 0) is 31.8 Å². The topological polar surface area (TPSA) is 94.1 Å². The fourth-order valence-electron chi connectivity index (χ4n) is 2.53. The number of sulfonamides is 1. The molecule has 7 nitrogen and oxygen atoms in total. The molecule has 1 fully saturated rings. The van der Waals surface area contributed by atoms with Crippen LogP contribution in [0.15, 0.2) is 5.16 Å². The molecule has 0 amide bonds. The van der Waals surface area contributed by atoms with Crippen molar-refractivity contribution in [1.29, 1.82) is 0 Å². The monoisotopic (exact) mass is 301 g/mol. The van der Waals surface area contributed by atoms with Gasteiger partial charge in [-0.1, -0.05) is 13.8 Å². The summed E-state index contributed by atoms with van der Waals surface area (Å²) in [5, 5.41) is 12.9. The molecule has 0 radical (unpaired) electrons. The number of likely N-dealkylation sites (tertiary alicyclic amines) is 1. The maximum absolute atomic E-state index is 11.6. The molecule has 0 atom stereocenters. The fourth-order valence-corrected chi connectivity index (χ4v) is 3.17. The van der Waals surface area contributed by atoms with Crippen LogP contribution in [0.4, 0.5) is 0 Å². The van der Waals surface area contributed by atoms with Gasteiger partial charge in [0.25, 0.3) is 15.2 Å². The van der Waals surface area contributed by atoms with Crippen LogP contribution in [0.5, 0.6) is 0 Å². The highest BCUT2D eigenvalue weighted by atomic mass is 32.2. The zero-order valence-electron chi connectivity index (χ0n) is 12.1. The van der Waals surface area contributed by atoms with Gasteiger partial charge < -0.3 is 9.47 Å². The number of nitrogens with zero attached hydrogens (tertiary/aromatic N) is 4. The lowest BCUT2D eigenvalue weighted by atomic mass is 10.2. The van der Waals surface area contributed by atoms with Crippen LogP contribution in [0.2, 0.25) is 0 Å². The van der Waals surface area contributed by atoms with Gasteiger partial charge in [-0.15, -0.1) is 10.2 Å². The normalized spacial score (nSPS) is 17.2. The second-order valence-corrected chi connectivity index (χ2v) is 7.20. The Labute approximate surface area is 120 Å². The van der Waals surface area contributed by atoms with Crippen LogP contribution in [0.25, 0.3) is 0 Å². The maximum Gasteiger partial charge on any atom is 0.273 e. The first-order valence-electron chi connectivity index (χ1n) is 7.05. The molecule has 114 valence electrons. The fraction of sp³-hybridized carbons (Fsp3) is 0.833. The number of aromatic nitrogens is 3. The average Bonchev–Trinajstić information content (AvgIpc) is 2.93. The van der Waals surface area contributed by atoms with Gasteiger partial charge >= 0.3 is 0 Å². The Balaban J connectivity index is 2.16. The van der Waals surface area contributed by atoms with Crippen LogP contribution < -0.4 is 5.14 Å². The minimum absolute atomic E-state index is 0.123. The summed E-state index contributed by atoms with van der Waals surface area (Å²) in [4.78, 5) is 2.37. The van der Waals surface area contributed by atoms with Gasteiger partial charge in [0, 0.05) is 19.5 Å². The van der Waals surface area contributed by atoms with E-state index in [2.05, 4.69) is 15.1 Å². The van der Waals surface area contributed by atoms with Gasteiger partial charge in [0.15, 0.2) is 0 Å². The van der Waals surface area contributed by atoms with E-state index in [1.165, 1.54) is 12.8 Å². The van der Waals surface area contributed by atoms with Crippen LogP contribution in [0.1, 0.15) is 32.5 Å². The molecule has 1 aliphatic rings. The van der Waals surface area contributed by atoms with Gasteiger partial charge in [0.2, 0.25) is 0 Å². The van der Waals surface area contributed by atoms with Crippen LogP contribution in [-0.2, 0) is 23.0 Å². The van der Waals surface area contributed by atoms with E-state index in [1.54, 1.807) is 4.57 Å². The lowest BCUT2D eigenvalue weighted by Gasteiger charge is -2.15. The molecule has 0 aliphatic carbocycles. The van der Waals surface area contributed by atoms with E-state index in [0.29, 0.717) is 24.7 Å². The highest BCUT2D eigenvalue weighted by Crippen LogP contribution is 2.13. The summed E-state index contributed by atoms with van der Waals surface area (Å²) in [5.41, 5.74) is 0. The zero-order chi connectivity index (χ0) is 14.8. The Morgan fingerprint density at radius 3 is 2.45 bits per heavy atom. The number of hydrogen-bond acceptors (Lipinski definition) is 5. The van der Waals surface area contributed by atoms with E-state index >= 15 is 0 Å². The highest BCUT2D eigenvalue weighted by molar-refractivity contribution is 7.89. The van der Waals surface area contributed by atoms with Crippen LogP contribution in [0.3, 0.4) is 0 Å².